The highest BCUT2D eigenvalue weighted by atomic mass is 35.5. The van der Waals surface area contributed by atoms with Gasteiger partial charge in [0.1, 0.15) is 21.5 Å². The molecule has 3 N–H and O–H groups in total. The topological polar surface area (TPSA) is 131 Å². The molecular formula is C17H21ClN4O5S. The van der Waals surface area contributed by atoms with Crippen LogP contribution >= 0.6 is 11.6 Å². The summed E-state index contributed by atoms with van der Waals surface area (Å²) in [4.78, 5) is 19.0. The van der Waals surface area contributed by atoms with Crippen molar-refractivity contribution in [3.63, 3.8) is 0 Å². The summed E-state index contributed by atoms with van der Waals surface area (Å²) in [6.45, 7) is 5.53. The third-order valence-corrected chi connectivity index (χ3v) is 5.60. The Bertz CT molecular complexity index is 976. The number of methoxy groups -OCH3 is 1. The molecule has 2 aromatic rings. The van der Waals surface area contributed by atoms with Gasteiger partial charge in [0.15, 0.2) is 0 Å². The number of nitrogens with one attached hydrogen (secondary N) is 2. The molecule has 9 nitrogen and oxygen atoms in total. The second-order valence-corrected chi connectivity index (χ2v) is 8.97. The number of hydrogen-bond acceptors (Lipinski definition) is 6. The minimum absolute atomic E-state index is 0.128. The number of pyridine rings is 2. The first-order valence-corrected chi connectivity index (χ1v) is 9.98. The molecule has 0 saturated carbocycles. The zero-order chi connectivity index (χ0) is 21.1. The van der Waals surface area contributed by atoms with Gasteiger partial charge < -0.3 is 15.2 Å². The van der Waals surface area contributed by atoms with Crippen LogP contribution in [0.15, 0.2) is 35.5 Å². The number of hydrogen-bond donors (Lipinski definition) is 3. The van der Waals surface area contributed by atoms with E-state index >= 15 is 0 Å². The number of ether oxygens (including phenoxy) is 1. The van der Waals surface area contributed by atoms with Gasteiger partial charge in [-0.05, 0) is 17.5 Å². The maximum atomic E-state index is 12.6. The maximum absolute atomic E-state index is 12.6. The first kappa shape index (κ1) is 21.7. The second-order valence-electron chi connectivity index (χ2n) is 6.96. The zero-order valence-corrected chi connectivity index (χ0v) is 17.3. The fraction of sp³-hybridized carbons (Fsp3) is 0.353. The summed E-state index contributed by atoms with van der Waals surface area (Å²) in [7, 11) is -2.61. The van der Waals surface area contributed by atoms with Gasteiger partial charge in [-0.15, -0.1) is 0 Å². The number of rotatable bonds is 6. The van der Waals surface area contributed by atoms with Crippen molar-refractivity contribution in [1.82, 2.24) is 15.3 Å². The van der Waals surface area contributed by atoms with E-state index in [4.69, 9.17) is 21.4 Å². The second kappa shape index (κ2) is 8.19. The Morgan fingerprint density at radius 3 is 2.54 bits per heavy atom. The van der Waals surface area contributed by atoms with Crippen molar-refractivity contribution in [3.8, 4) is 5.75 Å². The summed E-state index contributed by atoms with van der Waals surface area (Å²) in [6, 6.07) is 3.52. The molecule has 11 heteroatoms. The molecule has 0 aromatic carbocycles. The van der Waals surface area contributed by atoms with E-state index in [1.807, 2.05) is 20.8 Å². The standard InChI is InChI=1S/C17H21ClN4O5S/c1-17(2,3)14(21-16(23)24)13-11(27-4)8-10(9-20-13)22-28(25,26)12-6-5-7-19-15(12)18/h5-9,14,21-22H,1-4H3,(H,23,24). The fourth-order valence-corrected chi connectivity index (χ4v) is 3.98. The van der Waals surface area contributed by atoms with E-state index in [9.17, 15) is 13.2 Å². The first-order chi connectivity index (χ1) is 13.0. The monoisotopic (exact) mass is 428 g/mol. The minimum atomic E-state index is -4.00. The predicted octanol–water partition coefficient (Wildman–Crippen LogP) is 3.29. The van der Waals surface area contributed by atoms with E-state index in [-0.39, 0.29) is 21.5 Å². The number of amides is 1. The van der Waals surface area contributed by atoms with E-state index in [1.54, 1.807) is 0 Å². The molecule has 0 aliphatic carbocycles. The molecule has 1 amide bonds. The van der Waals surface area contributed by atoms with Gasteiger partial charge in [0.2, 0.25) is 0 Å². The smallest absolute Gasteiger partial charge is 0.405 e. The van der Waals surface area contributed by atoms with Crippen molar-refractivity contribution >= 4 is 33.4 Å². The third kappa shape index (κ3) is 5.02. The maximum Gasteiger partial charge on any atom is 0.405 e. The average molecular weight is 429 g/mol. The third-order valence-electron chi connectivity index (χ3n) is 3.78. The van der Waals surface area contributed by atoms with Gasteiger partial charge in [-0.3, -0.25) is 9.71 Å². The van der Waals surface area contributed by atoms with E-state index in [2.05, 4.69) is 20.0 Å². The fourth-order valence-electron chi connectivity index (χ4n) is 2.49. The lowest BCUT2D eigenvalue weighted by atomic mass is 9.84. The number of aromatic nitrogens is 2. The van der Waals surface area contributed by atoms with Gasteiger partial charge in [-0.2, -0.15) is 0 Å². The van der Waals surface area contributed by atoms with Gasteiger partial charge in [0, 0.05) is 12.3 Å². The largest absolute Gasteiger partial charge is 0.495 e. The van der Waals surface area contributed by atoms with Crippen LogP contribution in [-0.2, 0) is 10.0 Å². The first-order valence-electron chi connectivity index (χ1n) is 8.12. The Morgan fingerprint density at radius 1 is 1.32 bits per heavy atom. The van der Waals surface area contributed by atoms with E-state index in [0.29, 0.717) is 5.69 Å². The van der Waals surface area contributed by atoms with Crippen molar-refractivity contribution in [3.05, 3.63) is 41.4 Å². The molecule has 1 unspecified atom stereocenters. The van der Waals surface area contributed by atoms with Crippen LogP contribution in [-0.4, -0.2) is 36.7 Å². The van der Waals surface area contributed by atoms with Crippen LogP contribution in [0.5, 0.6) is 5.75 Å². The van der Waals surface area contributed by atoms with Crippen LogP contribution in [0.3, 0.4) is 0 Å². The number of nitrogens with zero attached hydrogens (tertiary/aromatic N) is 2. The lowest BCUT2D eigenvalue weighted by Crippen LogP contribution is -2.36. The lowest BCUT2D eigenvalue weighted by molar-refractivity contribution is 0.173. The predicted molar refractivity (Wildman–Crippen MR) is 104 cm³/mol. The molecule has 0 aliphatic rings. The van der Waals surface area contributed by atoms with Gasteiger partial charge in [-0.25, -0.2) is 18.2 Å². The molecule has 2 heterocycles. The highest BCUT2D eigenvalue weighted by Gasteiger charge is 2.32. The quantitative estimate of drug-likeness (QED) is 0.601. The lowest BCUT2D eigenvalue weighted by Gasteiger charge is -2.31. The molecule has 0 spiro atoms. The van der Waals surface area contributed by atoms with Crippen LogP contribution in [0.1, 0.15) is 32.5 Å². The van der Waals surface area contributed by atoms with Crippen LogP contribution in [0.25, 0.3) is 0 Å². The summed E-state index contributed by atoms with van der Waals surface area (Å²) in [5.41, 5.74) is -0.0496. The van der Waals surface area contributed by atoms with Gasteiger partial charge in [0.05, 0.1) is 25.0 Å². The van der Waals surface area contributed by atoms with Gasteiger partial charge in [-0.1, -0.05) is 32.4 Å². The summed E-state index contributed by atoms with van der Waals surface area (Å²) in [6.07, 6.45) is 1.45. The summed E-state index contributed by atoms with van der Waals surface area (Å²) in [5, 5.41) is 11.4. The highest BCUT2D eigenvalue weighted by Crippen LogP contribution is 2.37. The molecule has 0 saturated heterocycles. The Hall–Kier alpha value is -2.59. The van der Waals surface area contributed by atoms with Crippen molar-refractivity contribution in [2.75, 3.05) is 11.8 Å². The molecule has 0 aliphatic heterocycles. The van der Waals surface area contributed by atoms with Crippen molar-refractivity contribution in [1.29, 1.82) is 0 Å². The van der Waals surface area contributed by atoms with Crippen molar-refractivity contribution in [2.45, 2.75) is 31.7 Å². The molecule has 2 aromatic heterocycles. The molecule has 28 heavy (non-hydrogen) atoms. The van der Waals surface area contributed by atoms with Gasteiger partial charge >= 0.3 is 6.09 Å². The van der Waals surface area contributed by atoms with Crippen molar-refractivity contribution < 1.29 is 23.1 Å². The van der Waals surface area contributed by atoms with E-state index < -0.39 is 27.6 Å². The zero-order valence-electron chi connectivity index (χ0n) is 15.7. The van der Waals surface area contributed by atoms with Crippen LogP contribution in [0.2, 0.25) is 5.15 Å². The summed E-state index contributed by atoms with van der Waals surface area (Å²) >= 11 is 5.86. The van der Waals surface area contributed by atoms with Crippen LogP contribution in [0.4, 0.5) is 10.5 Å². The SMILES string of the molecule is COc1cc(NS(=O)(=O)c2cccnc2Cl)cnc1C(NC(=O)O)C(C)(C)C. The number of anilines is 1. The number of sulfonamides is 1. The molecule has 0 radical (unpaired) electrons. The van der Waals surface area contributed by atoms with Gasteiger partial charge in [0.25, 0.3) is 10.0 Å². The Labute approximate surface area is 168 Å². The Kier molecular flexibility index (Phi) is 6.35. The molecule has 1 atom stereocenters. The minimum Gasteiger partial charge on any atom is -0.495 e. The molecule has 2 rings (SSSR count). The number of carboxylic acid groups (broad SMARTS) is 1. The van der Waals surface area contributed by atoms with Crippen LogP contribution < -0.4 is 14.8 Å². The Morgan fingerprint density at radius 2 is 2.00 bits per heavy atom. The number of halogens is 1. The van der Waals surface area contributed by atoms with E-state index in [1.165, 1.54) is 37.7 Å². The average Bonchev–Trinajstić information content (AvgIpc) is 2.58. The molecule has 0 fully saturated rings. The summed E-state index contributed by atoms with van der Waals surface area (Å²) in [5.74, 6) is 0.228. The molecule has 152 valence electrons. The van der Waals surface area contributed by atoms with Crippen LogP contribution in [0, 0.1) is 5.41 Å². The molecular weight excluding hydrogens is 408 g/mol. The Balaban J connectivity index is 2.42. The van der Waals surface area contributed by atoms with Crippen molar-refractivity contribution in [2.24, 2.45) is 5.41 Å². The number of carbonyl (C=O) groups is 1. The van der Waals surface area contributed by atoms with E-state index in [0.717, 1.165) is 0 Å². The highest BCUT2D eigenvalue weighted by molar-refractivity contribution is 7.92. The summed E-state index contributed by atoms with van der Waals surface area (Å²) < 4.78 is 32.8. The molecule has 0 bridgehead atoms. The normalized spacial score (nSPS) is 12.9.